The molecule has 7 nitrogen and oxygen atoms in total. The van der Waals surface area contributed by atoms with E-state index in [9.17, 15) is 14.0 Å². The van der Waals surface area contributed by atoms with Crippen molar-refractivity contribution in [3.05, 3.63) is 82.0 Å². The van der Waals surface area contributed by atoms with E-state index in [0.29, 0.717) is 46.8 Å². The summed E-state index contributed by atoms with van der Waals surface area (Å²) in [5.74, 6) is -0.405. The Labute approximate surface area is 190 Å². The van der Waals surface area contributed by atoms with E-state index in [1.807, 2.05) is 11.0 Å². The van der Waals surface area contributed by atoms with Crippen molar-refractivity contribution in [2.45, 2.75) is 26.4 Å². The van der Waals surface area contributed by atoms with E-state index in [-0.39, 0.29) is 23.8 Å². The van der Waals surface area contributed by atoms with Crippen LogP contribution in [-0.4, -0.2) is 62.1 Å². The fraction of sp³-hybridized carbons (Fsp3) is 0.320. The monoisotopic (exact) mass is 447 g/mol. The minimum Gasteiger partial charge on any atom is -0.336 e. The molecule has 1 aliphatic rings. The second-order valence-corrected chi connectivity index (χ2v) is 8.77. The molecule has 2 aromatic carbocycles. The van der Waals surface area contributed by atoms with Crippen LogP contribution in [0.4, 0.5) is 4.39 Å². The molecule has 8 heteroatoms. The highest BCUT2D eigenvalue weighted by Crippen LogP contribution is 2.20. The molecular formula is C25H26FN5O2. The number of aromatic nitrogens is 3. The van der Waals surface area contributed by atoms with Gasteiger partial charge < -0.3 is 9.47 Å². The van der Waals surface area contributed by atoms with Crippen molar-refractivity contribution in [1.82, 2.24) is 24.0 Å². The van der Waals surface area contributed by atoms with Gasteiger partial charge in [-0.2, -0.15) is 5.10 Å². The SMILES string of the molecule is CC(C)N1CCN(C(=O)c2ccc3c(c2)n(Cc2cccc(F)c2)c(=O)c2ccnn23)CC1. The Hall–Kier alpha value is -3.52. The van der Waals surface area contributed by atoms with E-state index in [0.717, 1.165) is 13.1 Å². The van der Waals surface area contributed by atoms with Crippen LogP contribution < -0.4 is 5.56 Å². The van der Waals surface area contributed by atoms with Crippen LogP contribution in [0.25, 0.3) is 16.6 Å². The number of benzene rings is 2. The van der Waals surface area contributed by atoms with Gasteiger partial charge in [0, 0.05) is 37.8 Å². The van der Waals surface area contributed by atoms with Gasteiger partial charge in [0.25, 0.3) is 11.5 Å². The summed E-state index contributed by atoms with van der Waals surface area (Å²) in [5, 5.41) is 4.30. The van der Waals surface area contributed by atoms with Gasteiger partial charge in [-0.25, -0.2) is 8.91 Å². The highest BCUT2D eigenvalue weighted by Gasteiger charge is 2.24. The van der Waals surface area contributed by atoms with Crippen LogP contribution in [0.3, 0.4) is 0 Å². The van der Waals surface area contributed by atoms with Gasteiger partial charge in [-0.1, -0.05) is 12.1 Å². The topological polar surface area (TPSA) is 62.8 Å². The Bertz CT molecular complexity index is 1400. The molecule has 5 rings (SSSR count). The van der Waals surface area contributed by atoms with E-state index in [2.05, 4.69) is 23.8 Å². The Balaban J connectivity index is 1.57. The van der Waals surface area contributed by atoms with E-state index in [1.165, 1.54) is 12.1 Å². The van der Waals surface area contributed by atoms with Crippen molar-refractivity contribution < 1.29 is 9.18 Å². The molecule has 0 spiro atoms. The van der Waals surface area contributed by atoms with Crippen LogP contribution in [-0.2, 0) is 6.54 Å². The first-order valence-corrected chi connectivity index (χ1v) is 11.2. The Morgan fingerprint density at radius 3 is 2.52 bits per heavy atom. The van der Waals surface area contributed by atoms with E-state index in [1.54, 1.807) is 45.6 Å². The quantitative estimate of drug-likeness (QED) is 0.483. The molecule has 0 N–H and O–H groups in total. The van der Waals surface area contributed by atoms with Crippen molar-refractivity contribution in [2.75, 3.05) is 26.2 Å². The van der Waals surface area contributed by atoms with Crippen LogP contribution >= 0.6 is 0 Å². The summed E-state index contributed by atoms with van der Waals surface area (Å²) in [4.78, 5) is 30.8. The zero-order valence-corrected chi connectivity index (χ0v) is 18.7. The minimum absolute atomic E-state index is 0.0503. The Kier molecular flexibility index (Phi) is 5.46. The third-order valence-corrected chi connectivity index (χ3v) is 6.41. The third-order valence-electron chi connectivity index (χ3n) is 6.41. The van der Waals surface area contributed by atoms with Gasteiger partial charge in [0.15, 0.2) is 0 Å². The molecular weight excluding hydrogens is 421 g/mol. The van der Waals surface area contributed by atoms with E-state index >= 15 is 0 Å². The second-order valence-electron chi connectivity index (χ2n) is 8.77. The van der Waals surface area contributed by atoms with Crippen molar-refractivity contribution in [3.8, 4) is 0 Å². The molecule has 0 radical (unpaired) electrons. The van der Waals surface area contributed by atoms with Gasteiger partial charge in [-0.15, -0.1) is 0 Å². The van der Waals surface area contributed by atoms with Crippen LogP contribution in [0.1, 0.15) is 29.8 Å². The lowest BCUT2D eigenvalue weighted by molar-refractivity contribution is 0.0595. The average molecular weight is 448 g/mol. The second kappa shape index (κ2) is 8.44. The molecule has 0 aliphatic carbocycles. The van der Waals surface area contributed by atoms with Crippen LogP contribution in [0.5, 0.6) is 0 Å². The molecule has 4 aromatic rings. The summed E-state index contributed by atoms with van der Waals surface area (Å²) in [6.07, 6.45) is 1.58. The minimum atomic E-state index is -0.355. The highest BCUT2D eigenvalue weighted by molar-refractivity contribution is 5.97. The van der Waals surface area contributed by atoms with Crippen molar-refractivity contribution in [1.29, 1.82) is 0 Å². The Morgan fingerprint density at radius 1 is 1.00 bits per heavy atom. The number of rotatable bonds is 4. The largest absolute Gasteiger partial charge is 0.336 e. The van der Waals surface area contributed by atoms with Crippen molar-refractivity contribution >= 4 is 22.5 Å². The maximum absolute atomic E-state index is 13.8. The number of piperazine rings is 1. The standard InChI is InChI=1S/C25H26FN5O2/c1-17(2)28-10-12-29(13-11-28)24(32)19-6-7-21-23(15-19)30(16-18-4-3-5-20(26)14-18)25(33)22-8-9-27-31(21)22/h3-9,14-15,17H,10-13,16H2,1-2H3. The number of nitrogens with zero attached hydrogens (tertiary/aromatic N) is 5. The molecule has 2 aromatic heterocycles. The van der Waals surface area contributed by atoms with Crippen LogP contribution in [0.15, 0.2) is 59.5 Å². The summed E-state index contributed by atoms with van der Waals surface area (Å²) in [7, 11) is 0. The highest BCUT2D eigenvalue weighted by atomic mass is 19.1. The lowest BCUT2D eigenvalue weighted by Crippen LogP contribution is -2.50. The van der Waals surface area contributed by atoms with Gasteiger partial charge >= 0.3 is 0 Å². The number of carbonyl (C=O) groups is 1. The lowest BCUT2D eigenvalue weighted by Gasteiger charge is -2.37. The van der Waals surface area contributed by atoms with Gasteiger partial charge in [0.05, 0.1) is 23.8 Å². The number of amides is 1. The average Bonchev–Trinajstić information content (AvgIpc) is 3.31. The van der Waals surface area contributed by atoms with Crippen LogP contribution in [0.2, 0.25) is 0 Å². The zero-order chi connectivity index (χ0) is 23.1. The molecule has 0 unspecified atom stereocenters. The molecule has 1 aliphatic heterocycles. The molecule has 0 bridgehead atoms. The number of hydrogen-bond acceptors (Lipinski definition) is 4. The van der Waals surface area contributed by atoms with Crippen molar-refractivity contribution in [3.63, 3.8) is 0 Å². The fourth-order valence-electron chi connectivity index (χ4n) is 4.56. The first-order chi connectivity index (χ1) is 15.9. The van der Waals surface area contributed by atoms with Crippen LogP contribution in [0, 0.1) is 5.82 Å². The van der Waals surface area contributed by atoms with Gasteiger partial charge in [0.1, 0.15) is 11.3 Å². The van der Waals surface area contributed by atoms with Gasteiger partial charge in [-0.05, 0) is 55.8 Å². The maximum atomic E-state index is 13.8. The van der Waals surface area contributed by atoms with E-state index < -0.39 is 0 Å². The Morgan fingerprint density at radius 2 is 1.79 bits per heavy atom. The summed E-state index contributed by atoms with van der Waals surface area (Å²) in [5.41, 5.74) is 2.70. The lowest BCUT2D eigenvalue weighted by atomic mass is 10.1. The maximum Gasteiger partial charge on any atom is 0.277 e. The predicted molar refractivity (Wildman–Crippen MR) is 125 cm³/mol. The summed E-state index contributed by atoms with van der Waals surface area (Å²) in [6, 6.07) is 13.7. The molecule has 1 fully saturated rings. The number of halogens is 1. The summed E-state index contributed by atoms with van der Waals surface area (Å²) >= 11 is 0. The number of hydrogen-bond donors (Lipinski definition) is 0. The molecule has 0 saturated carbocycles. The van der Waals surface area contributed by atoms with Gasteiger partial charge in [0.2, 0.25) is 0 Å². The van der Waals surface area contributed by atoms with Gasteiger partial charge in [-0.3, -0.25) is 14.5 Å². The number of fused-ring (bicyclic) bond motifs is 3. The van der Waals surface area contributed by atoms with Crippen molar-refractivity contribution in [2.24, 2.45) is 0 Å². The fourth-order valence-corrected chi connectivity index (χ4v) is 4.56. The molecule has 170 valence electrons. The molecule has 1 saturated heterocycles. The summed E-state index contributed by atoms with van der Waals surface area (Å²) in [6.45, 7) is 7.54. The normalized spacial score (nSPS) is 15.1. The smallest absolute Gasteiger partial charge is 0.277 e. The number of carbonyl (C=O) groups excluding carboxylic acids is 1. The third kappa shape index (κ3) is 3.91. The summed E-state index contributed by atoms with van der Waals surface area (Å²) < 4.78 is 17.0. The predicted octanol–water partition coefficient (Wildman–Crippen LogP) is 3.00. The molecule has 3 heterocycles. The zero-order valence-electron chi connectivity index (χ0n) is 18.7. The first-order valence-electron chi connectivity index (χ1n) is 11.2. The molecule has 33 heavy (non-hydrogen) atoms. The first kappa shape index (κ1) is 21.3. The van der Waals surface area contributed by atoms with E-state index in [4.69, 9.17) is 0 Å². The molecule has 0 atom stereocenters. The molecule has 1 amide bonds.